The second-order valence-corrected chi connectivity index (χ2v) is 16.9. The van der Waals surface area contributed by atoms with Crippen molar-refractivity contribution in [2.75, 3.05) is 0 Å². The molecule has 1 N–H and O–H groups in total. The van der Waals surface area contributed by atoms with Gasteiger partial charge in [0.15, 0.2) is 0 Å². The summed E-state index contributed by atoms with van der Waals surface area (Å²) in [4.78, 5) is 3.63. The fourth-order valence-corrected chi connectivity index (χ4v) is 5.98. The number of fused-ring (bicyclic) bond motifs is 3. The summed E-state index contributed by atoms with van der Waals surface area (Å²) in [7, 11) is 0. The third kappa shape index (κ3) is 6.20. The van der Waals surface area contributed by atoms with Crippen LogP contribution in [-0.2, 0) is 21.7 Å². The molecule has 0 aliphatic carbocycles. The molecular formula is C44H49N. The quantitative estimate of drug-likeness (QED) is 0.197. The van der Waals surface area contributed by atoms with Crippen molar-refractivity contribution in [1.82, 2.24) is 4.98 Å². The van der Waals surface area contributed by atoms with E-state index < -0.39 is 0 Å². The van der Waals surface area contributed by atoms with Crippen molar-refractivity contribution in [3.05, 3.63) is 94.0 Å². The Hall–Kier alpha value is -4.20. The Balaban J connectivity index is 1.84. The summed E-state index contributed by atoms with van der Waals surface area (Å²) in [5.74, 6) is 5.96. The zero-order chi connectivity index (χ0) is 33.3. The Morgan fingerprint density at radius 3 is 0.911 bits per heavy atom. The largest absolute Gasteiger partial charge is 0.352 e. The maximum absolute atomic E-state index is 6.18. The van der Waals surface area contributed by atoms with Gasteiger partial charge in [0, 0.05) is 21.9 Å². The fraction of sp³-hybridized carbons (Fsp3) is 0.364. The smallest absolute Gasteiger partial charge is 0.0624 e. The molecule has 0 bridgehead atoms. The molecule has 4 aromatic carbocycles. The molecule has 0 fully saturated rings. The van der Waals surface area contributed by atoms with Gasteiger partial charge in [0.05, 0.1) is 11.0 Å². The highest BCUT2D eigenvalue weighted by molar-refractivity contribution is 6.13. The minimum atomic E-state index is 0.0138. The van der Waals surface area contributed by atoms with Crippen LogP contribution in [0.5, 0.6) is 0 Å². The summed E-state index contributed by atoms with van der Waals surface area (Å²) < 4.78 is 0. The Bertz CT molecular complexity index is 1820. The minimum Gasteiger partial charge on any atom is -0.352 e. The van der Waals surface area contributed by atoms with Gasteiger partial charge in [0.25, 0.3) is 0 Å². The van der Waals surface area contributed by atoms with E-state index in [4.69, 9.17) is 12.8 Å². The van der Waals surface area contributed by atoms with Crippen LogP contribution in [0.1, 0.15) is 116 Å². The van der Waals surface area contributed by atoms with Crippen molar-refractivity contribution >= 4 is 21.8 Å². The van der Waals surface area contributed by atoms with Gasteiger partial charge in [-0.3, -0.25) is 0 Å². The van der Waals surface area contributed by atoms with Gasteiger partial charge < -0.3 is 4.98 Å². The first kappa shape index (κ1) is 32.2. The molecule has 1 heteroatoms. The van der Waals surface area contributed by atoms with Crippen LogP contribution in [0.25, 0.3) is 44.1 Å². The van der Waals surface area contributed by atoms with Crippen LogP contribution in [0.4, 0.5) is 0 Å². The first-order chi connectivity index (χ1) is 20.7. The van der Waals surface area contributed by atoms with E-state index in [2.05, 4.69) is 161 Å². The SMILES string of the molecule is C#Cc1cc(-c2cc(C(C)(C)C)cc(C(C)(C)C)c2)cc2c1[nH]c1c(C#C)cc(-c3cc(C(C)(C)C)cc(C(C)(C)C)c3)cc12. The molecule has 0 unspecified atom stereocenters. The second kappa shape index (κ2) is 10.7. The number of aromatic nitrogens is 1. The second-order valence-electron chi connectivity index (χ2n) is 16.9. The zero-order valence-electron chi connectivity index (χ0n) is 29.4. The summed E-state index contributed by atoms with van der Waals surface area (Å²) in [5, 5.41) is 2.19. The molecule has 5 aromatic rings. The summed E-state index contributed by atoms with van der Waals surface area (Å²) >= 11 is 0. The Kier molecular flexibility index (Phi) is 7.66. The molecule has 0 aliphatic rings. The molecule has 0 saturated heterocycles. The molecule has 0 spiro atoms. The molecular weight excluding hydrogens is 542 g/mol. The number of hydrogen-bond donors (Lipinski definition) is 1. The number of aromatic amines is 1. The van der Waals surface area contributed by atoms with Crippen LogP contribution >= 0.6 is 0 Å². The van der Waals surface area contributed by atoms with Crippen LogP contribution < -0.4 is 0 Å². The molecule has 0 radical (unpaired) electrons. The number of benzene rings is 4. The van der Waals surface area contributed by atoms with E-state index >= 15 is 0 Å². The lowest BCUT2D eigenvalue weighted by atomic mass is 9.78. The molecule has 0 atom stereocenters. The average Bonchev–Trinajstić information content (AvgIpc) is 3.32. The summed E-state index contributed by atoms with van der Waals surface area (Å²) in [6.45, 7) is 27.3. The van der Waals surface area contributed by atoms with E-state index in [0.29, 0.717) is 0 Å². The van der Waals surface area contributed by atoms with Gasteiger partial charge in [0.1, 0.15) is 0 Å². The van der Waals surface area contributed by atoms with Gasteiger partial charge in [0.2, 0.25) is 0 Å². The van der Waals surface area contributed by atoms with E-state index in [0.717, 1.165) is 44.1 Å². The predicted octanol–water partition coefficient (Wildman–Crippen LogP) is 11.8. The molecule has 230 valence electrons. The number of hydrogen-bond acceptors (Lipinski definition) is 0. The molecule has 1 heterocycles. The summed E-state index contributed by atoms with van der Waals surface area (Å²) in [5.41, 5.74) is 13.5. The van der Waals surface area contributed by atoms with Gasteiger partial charge in [-0.25, -0.2) is 0 Å². The maximum Gasteiger partial charge on any atom is 0.0624 e. The first-order valence-corrected chi connectivity index (χ1v) is 16.1. The predicted molar refractivity (Wildman–Crippen MR) is 197 cm³/mol. The van der Waals surface area contributed by atoms with Gasteiger partial charge in [-0.2, -0.15) is 0 Å². The number of terminal acetylenes is 2. The number of rotatable bonds is 2. The van der Waals surface area contributed by atoms with Crippen LogP contribution in [0.2, 0.25) is 0 Å². The topological polar surface area (TPSA) is 15.8 Å². The number of nitrogens with one attached hydrogen (secondary N) is 1. The zero-order valence-corrected chi connectivity index (χ0v) is 29.4. The molecule has 0 amide bonds. The third-order valence-electron chi connectivity index (χ3n) is 9.12. The van der Waals surface area contributed by atoms with Crippen LogP contribution in [0.15, 0.2) is 60.7 Å². The normalized spacial score (nSPS) is 12.8. The lowest BCUT2D eigenvalue weighted by Gasteiger charge is -2.26. The summed E-state index contributed by atoms with van der Waals surface area (Å²) in [6, 6.07) is 22.9. The molecule has 0 saturated carbocycles. The Morgan fingerprint density at radius 2 is 0.667 bits per heavy atom. The lowest BCUT2D eigenvalue weighted by Crippen LogP contribution is -2.16. The van der Waals surface area contributed by atoms with Crippen LogP contribution in [0, 0.1) is 24.7 Å². The van der Waals surface area contributed by atoms with Crippen molar-refractivity contribution in [3.63, 3.8) is 0 Å². The van der Waals surface area contributed by atoms with Gasteiger partial charge in [-0.1, -0.05) is 131 Å². The average molecular weight is 592 g/mol. The molecule has 5 rings (SSSR count). The Labute approximate surface area is 271 Å². The minimum absolute atomic E-state index is 0.0138. The van der Waals surface area contributed by atoms with Crippen molar-refractivity contribution in [1.29, 1.82) is 0 Å². The van der Waals surface area contributed by atoms with E-state index in [-0.39, 0.29) is 21.7 Å². The van der Waals surface area contributed by atoms with Gasteiger partial charge >= 0.3 is 0 Å². The molecule has 45 heavy (non-hydrogen) atoms. The van der Waals surface area contributed by atoms with E-state index in [1.54, 1.807) is 0 Å². The third-order valence-corrected chi connectivity index (χ3v) is 9.12. The van der Waals surface area contributed by atoms with Crippen LogP contribution in [0.3, 0.4) is 0 Å². The monoisotopic (exact) mass is 591 g/mol. The van der Waals surface area contributed by atoms with Crippen molar-refractivity contribution in [2.45, 2.75) is 105 Å². The standard InChI is InChI=1S/C44H49N/c1-15-27-17-29(31-19-33(41(3,4)5)25-34(20-31)42(6,7)8)23-37-38-24-30(18-28(16-2)40(38)45-39(27)37)32-21-35(43(9,10)11)26-36(22-32)44(12,13)14/h1-2,17-26,45H,3-14H3. The van der Waals surface area contributed by atoms with Gasteiger partial charge in [-0.15, -0.1) is 12.8 Å². The first-order valence-electron chi connectivity index (χ1n) is 16.1. The highest BCUT2D eigenvalue weighted by Crippen LogP contribution is 2.40. The lowest BCUT2D eigenvalue weighted by molar-refractivity contribution is 0.568. The fourth-order valence-electron chi connectivity index (χ4n) is 5.98. The van der Waals surface area contributed by atoms with E-state index in [1.807, 2.05) is 0 Å². The van der Waals surface area contributed by atoms with Gasteiger partial charge in [-0.05, 0) is 90.4 Å². The number of H-pyrrole nitrogens is 1. The Morgan fingerprint density at radius 1 is 0.400 bits per heavy atom. The van der Waals surface area contributed by atoms with Crippen molar-refractivity contribution in [2.24, 2.45) is 0 Å². The molecule has 0 aliphatic heterocycles. The molecule has 1 aromatic heterocycles. The highest BCUT2D eigenvalue weighted by Gasteiger charge is 2.24. The summed E-state index contributed by atoms with van der Waals surface area (Å²) in [6.07, 6.45) is 12.4. The van der Waals surface area contributed by atoms with E-state index in [9.17, 15) is 0 Å². The highest BCUT2D eigenvalue weighted by atomic mass is 14.7. The molecule has 1 nitrogen and oxygen atoms in total. The van der Waals surface area contributed by atoms with E-state index in [1.165, 1.54) is 33.4 Å². The van der Waals surface area contributed by atoms with Crippen molar-refractivity contribution < 1.29 is 0 Å². The van der Waals surface area contributed by atoms with Crippen molar-refractivity contribution in [3.8, 4) is 46.9 Å². The maximum atomic E-state index is 6.18. The van der Waals surface area contributed by atoms with Crippen LogP contribution in [-0.4, -0.2) is 4.98 Å².